The molecule has 6 heteroatoms. The molecule has 1 aliphatic rings. The van der Waals surface area contributed by atoms with Gasteiger partial charge in [-0.2, -0.15) is 0 Å². The zero-order valence-electron chi connectivity index (χ0n) is 14.1. The average Bonchev–Trinajstić information content (AvgIpc) is 2.62. The lowest BCUT2D eigenvalue weighted by Crippen LogP contribution is -2.47. The number of piperazine rings is 1. The monoisotopic (exact) mass is 362 g/mol. The highest BCUT2D eigenvalue weighted by Crippen LogP contribution is 2.13. The van der Waals surface area contributed by atoms with Gasteiger partial charge in [0.1, 0.15) is 5.82 Å². The van der Waals surface area contributed by atoms with E-state index in [1.165, 1.54) is 29.8 Å². The maximum Gasteiger partial charge on any atom is 0.179 e. The Balaban J connectivity index is 1.47. The highest BCUT2D eigenvalue weighted by molar-refractivity contribution is 7.91. The van der Waals surface area contributed by atoms with E-state index in [2.05, 4.69) is 21.9 Å². The summed E-state index contributed by atoms with van der Waals surface area (Å²) in [5, 5.41) is 0. The van der Waals surface area contributed by atoms with E-state index in [4.69, 9.17) is 0 Å². The molecule has 3 rings (SSSR count). The number of rotatable bonds is 6. The van der Waals surface area contributed by atoms with Gasteiger partial charge in [-0.3, -0.25) is 9.80 Å². The molecule has 1 fully saturated rings. The molecule has 2 aromatic rings. The highest BCUT2D eigenvalue weighted by Gasteiger charge is 2.20. The van der Waals surface area contributed by atoms with Gasteiger partial charge in [-0.25, -0.2) is 12.8 Å². The Hall–Kier alpha value is -1.76. The van der Waals surface area contributed by atoms with Gasteiger partial charge in [0.25, 0.3) is 0 Å². The Morgan fingerprint density at radius 3 is 2.08 bits per heavy atom. The molecule has 0 radical (unpaired) electrons. The van der Waals surface area contributed by atoms with Crippen molar-refractivity contribution in [3.8, 4) is 0 Å². The van der Waals surface area contributed by atoms with Crippen molar-refractivity contribution < 1.29 is 12.8 Å². The van der Waals surface area contributed by atoms with E-state index in [1.807, 2.05) is 18.2 Å². The fourth-order valence-electron chi connectivity index (χ4n) is 3.02. The Kier molecular flexibility index (Phi) is 5.83. The van der Waals surface area contributed by atoms with Gasteiger partial charge < -0.3 is 0 Å². The van der Waals surface area contributed by atoms with Crippen LogP contribution < -0.4 is 0 Å². The molecule has 0 spiro atoms. The number of nitrogens with zero attached hydrogens (tertiary/aromatic N) is 2. The summed E-state index contributed by atoms with van der Waals surface area (Å²) < 4.78 is 37.6. The molecule has 0 unspecified atom stereocenters. The molecular formula is C19H23FN2O2S. The van der Waals surface area contributed by atoms with E-state index in [9.17, 15) is 12.8 Å². The van der Waals surface area contributed by atoms with Crippen molar-refractivity contribution in [1.29, 1.82) is 0 Å². The molecular weight excluding hydrogens is 339 g/mol. The van der Waals surface area contributed by atoms with Crippen LogP contribution in [0.4, 0.5) is 4.39 Å². The zero-order chi connectivity index (χ0) is 17.7. The van der Waals surface area contributed by atoms with Crippen LogP contribution in [0, 0.1) is 5.82 Å². The van der Waals surface area contributed by atoms with Crippen molar-refractivity contribution in [2.24, 2.45) is 0 Å². The summed E-state index contributed by atoms with van der Waals surface area (Å²) in [7, 11) is -3.36. The molecule has 0 N–H and O–H groups in total. The summed E-state index contributed by atoms with van der Waals surface area (Å²) in [4.78, 5) is 4.76. The SMILES string of the molecule is O=S(=O)(CCN1CCN(Cc2ccccc2)CC1)c1ccc(F)cc1. The van der Waals surface area contributed by atoms with Gasteiger partial charge in [0, 0.05) is 39.3 Å². The fourth-order valence-corrected chi connectivity index (χ4v) is 4.31. The quantitative estimate of drug-likeness (QED) is 0.740. The van der Waals surface area contributed by atoms with Crippen LogP contribution >= 0.6 is 0 Å². The normalized spacial score (nSPS) is 16.8. The van der Waals surface area contributed by atoms with Crippen molar-refractivity contribution in [2.45, 2.75) is 11.4 Å². The third kappa shape index (κ3) is 5.11. The van der Waals surface area contributed by atoms with Gasteiger partial charge in [0.2, 0.25) is 0 Å². The number of sulfone groups is 1. The summed E-state index contributed by atoms with van der Waals surface area (Å²) in [6, 6.07) is 15.4. The minimum atomic E-state index is -3.36. The predicted molar refractivity (Wildman–Crippen MR) is 96.6 cm³/mol. The van der Waals surface area contributed by atoms with Crippen molar-refractivity contribution in [1.82, 2.24) is 9.80 Å². The summed E-state index contributed by atoms with van der Waals surface area (Å²) in [5.74, 6) is -0.356. The van der Waals surface area contributed by atoms with E-state index < -0.39 is 15.7 Å². The van der Waals surface area contributed by atoms with E-state index >= 15 is 0 Å². The Morgan fingerprint density at radius 1 is 0.840 bits per heavy atom. The second kappa shape index (κ2) is 8.08. The largest absolute Gasteiger partial charge is 0.300 e. The first-order valence-electron chi connectivity index (χ1n) is 8.50. The number of benzene rings is 2. The van der Waals surface area contributed by atoms with Crippen LogP contribution in [0.15, 0.2) is 59.5 Å². The maximum absolute atomic E-state index is 12.9. The van der Waals surface area contributed by atoms with Gasteiger partial charge in [-0.15, -0.1) is 0 Å². The molecule has 25 heavy (non-hydrogen) atoms. The van der Waals surface area contributed by atoms with Crippen LogP contribution in [0.5, 0.6) is 0 Å². The third-order valence-corrected chi connectivity index (χ3v) is 6.27. The summed E-state index contributed by atoms with van der Waals surface area (Å²) in [5.41, 5.74) is 1.30. The molecule has 2 aromatic carbocycles. The molecule has 1 aliphatic heterocycles. The Bertz CT molecular complexity index is 771. The fraction of sp³-hybridized carbons (Fsp3) is 0.368. The van der Waals surface area contributed by atoms with E-state index in [0.717, 1.165) is 32.7 Å². The van der Waals surface area contributed by atoms with Crippen molar-refractivity contribution in [3.63, 3.8) is 0 Å². The standard InChI is InChI=1S/C19H23FN2O2S/c20-18-6-8-19(9-7-18)25(23,24)15-14-21-10-12-22(13-11-21)16-17-4-2-1-3-5-17/h1-9H,10-16H2. The first kappa shape index (κ1) is 18.0. The van der Waals surface area contributed by atoms with Gasteiger partial charge in [-0.05, 0) is 29.8 Å². The van der Waals surface area contributed by atoms with E-state index in [0.29, 0.717) is 6.54 Å². The van der Waals surface area contributed by atoms with Crippen molar-refractivity contribution in [3.05, 3.63) is 66.0 Å². The lowest BCUT2D eigenvalue weighted by Gasteiger charge is -2.34. The van der Waals surface area contributed by atoms with Crippen LogP contribution in [-0.2, 0) is 16.4 Å². The topological polar surface area (TPSA) is 40.6 Å². The first-order chi connectivity index (χ1) is 12.0. The molecule has 4 nitrogen and oxygen atoms in total. The smallest absolute Gasteiger partial charge is 0.179 e. The molecule has 0 amide bonds. The van der Waals surface area contributed by atoms with Gasteiger partial charge in [0.15, 0.2) is 9.84 Å². The molecule has 0 saturated carbocycles. The number of halogens is 1. The Morgan fingerprint density at radius 2 is 1.44 bits per heavy atom. The van der Waals surface area contributed by atoms with Crippen LogP contribution in [-0.4, -0.2) is 56.7 Å². The predicted octanol–water partition coefficient (Wildman–Crippen LogP) is 2.42. The van der Waals surface area contributed by atoms with Gasteiger partial charge in [0.05, 0.1) is 10.6 Å². The Labute approximate surface area is 148 Å². The number of hydrogen-bond acceptors (Lipinski definition) is 4. The van der Waals surface area contributed by atoms with E-state index in [-0.39, 0.29) is 10.6 Å². The van der Waals surface area contributed by atoms with Crippen molar-refractivity contribution >= 4 is 9.84 Å². The minimum absolute atomic E-state index is 0.0668. The summed E-state index contributed by atoms with van der Waals surface area (Å²) >= 11 is 0. The van der Waals surface area contributed by atoms with E-state index in [1.54, 1.807) is 0 Å². The third-order valence-electron chi connectivity index (χ3n) is 4.56. The zero-order valence-corrected chi connectivity index (χ0v) is 15.0. The van der Waals surface area contributed by atoms with Crippen LogP contribution in [0.25, 0.3) is 0 Å². The highest BCUT2D eigenvalue weighted by atomic mass is 32.2. The van der Waals surface area contributed by atoms with Crippen LogP contribution in [0.3, 0.4) is 0 Å². The van der Waals surface area contributed by atoms with Crippen molar-refractivity contribution in [2.75, 3.05) is 38.5 Å². The number of hydrogen-bond donors (Lipinski definition) is 0. The molecule has 1 saturated heterocycles. The first-order valence-corrected chi connectivity index (χ1v) is 10.2. The molecule has 0 aromatic heterocycles. The van der Waals surface area contributed by atoms with Gasteiger partial charge >= 0.3 is 0 Å². The average molecular weight is 362 g/mol. The molecule has 0 bridgehead atoms. The lowest BCUT2D eigenvalue weighted by atomic mass is 10.2. The second-order valence-electron chi connectivity index (χ2n) is 6.38. The molecule has 1 heterocycles. The second-order valence-corrected chi connectivity index (χ2v) is 8.49. The maximum atomic E-state index is 12.9. The summed E-state index contributed by atoms with van der Waals surface area (Å²) in [6.07, 6.45) is 0. The summed E-state index contributed by atoms with van der Waals surface area (Å²) in [6.45, 7) is 5.05. The van der Waals surface area contributed by atoms with Crippen LogP contribution in [0.1, 0.15) is 5.56 Å². The lowest BCUT2D eigenvalue weighted by molar-refractivity contribution is 0.132. The molecule has 134 valence electrons. The van der Waals surface area contributed by atoms with Crippen LogP contribution in [0.2, 0.25) is 0 Å². The minimum Gasteiger partial charge on any atom is -0.300 e. The molecule has 0 aliphatic carbocycles. The molecule has 0 atom stereocenters. The van der Waals surface area contributed by atoms with Gasteiger partial charge in [-0.1, -0.05) is 30.3 Å².